The predicted octanol–water partition coefficient (Wildman–Crippen LogP) is 4.20. The Kier molecular flexibility index (Phi) is 5.73. The fourth-order valence-corrected chi connectivity index (χ4v) is 4.42. The third kappa shape index (κ3) is 4.35. The second kappa shape index (κ2) is 8.85. The molecule has 2 aromatic carbocycles. The average Bonchev–Trinajstić information content (AvgIpc) is 3.24. The summed E-state index contributed by atoms with van der Waals surface area (Å²) in [4.78, 5) is 34.9. The number of nitrogens with zero attached hydrogens (tertiary/aromatic N) is 3. The number of hydrogen-bond acceptors (Lipinski definition) is 5. The number of halogens is 1. The summed E-state index contributed by atoms with van der Waals surface area (Å²) in [6.45, 7) is 5.83. The van der Waals surface area contributed by atoms with E-state index in [0.29, 0.717) is 49.0 Å². The number of carbonyl (C=O) groups is 2. The molecule has 1 aromatic heterocycles. The van der Waals surface area contributed by atoms with Gasteiger partial charge in [-0.2, -0.15) is 0 Å². The number of carbonyl (C=O) groups excluding carboxylic acids is 2. The van der Waals surface area contributed by atoms with Gasteiger partial charge in [-0.25, -0.2) is 14.4 Å². The molecule has 0 saturated carbocycles. The summed E-state index contributed by atoms with van der Waals surface area (Å²) in [5.74, 6) is 0.281. The van der Waals surface area contributed by atoms with Crippen molar-refractivity contribution in [3.8, 4) is 11.4 Å². The third-order valence-corrected chi connectivity index (χ3v) is 6.16. The van der Waals surface area contributed by atoms with Gasteiger partial charge >= 0.3 is 0 Å². The molecular formula is C26H26FN5O2. The molecular weight excluding hydrogens is 433 g/mol. The summed E-state index contributed by atoms with van der Waals surface area (Å²) in [7, 11) is 0. The maximum Gasteiger partial charge on any atom is 0.251 e. The molecule has 174 valence electrons. The first-order valence-corrected chi connectivity index (χ1v) is 11.5. The molecule has 8 heteroatoms. The van der Waals surface area contributed by atoms with Gasteiger partial charge in [-0.1, -0.05) is 26.0 Å². The molecule has 0 unspecified atom stereocenters. The molecule has 0 bridgehead atoms. The second-order valence-corrected chi connectivity index (χ2v) is 9.22. The smallest absolute Gasteiger partial charge is 0.251 e. The molecule has 0 fully saturated rings. The summed E-state index contributed by atoms with van der Waals surface area (Å²) in [5, 5.41) is 5.84. The van der Waals surface area contributed by atoms with Gasteiger partial charge in [-0.15, -0.1) is 0 Å². The Morgan fingerprint density at radius 2 is 1.97 bits per heavy atom. The van der Waals surface area contributed by atoms with Gasteiger partial charge in [0, 0.05) is 42.9 Å². The van der Waals surface area contributed by atoms with Crippen molar-refractivity contribution in [1.82, 2.24) is 20.2 Å². The standard InChI is InChI=1S/C26H26FN5O2/c1-15(2)9-23(33)32-13-18-4-3-17(10-19(18)14-32)24-29-12-22(27)25(31-24)30-20-5-6-21-16(11-20)7-8-28-26(21)34/h3-6,10-12,15H,7-9,13-14H2,1-2H3,(H,28,34)(H,29,30,31). The average molecular weight is 460 g/mol. The van der Waals surface area contributed by atoms with E-state index in [1.54, 1.807) is 12.1 Å². The lowest BCUT2D eigenvalue weighted by atomic mass is 10.00. The van der Waals surface area contributed by atoms with Crippen LogP contribution >= 0.6 is 0 Å². The van der Waals surface area contributed by atoms with Crippen molar-refractivity contribution in [3.05, 3.63) is 70.7 Å². The van der Waals surface area contributed by atoms with Crippen LogP contribution in [-0.4, -0.2) is 33.2 Å². The summed E-state index contributed by atoms with van der Waals surface area (Å²) < 4.78 is 14.5. The van der Waals surface area contributed by atoms with Crippen LogP contribution in [0.1, 0.15) is 47.3 Å². The first-order chi connectivity index (χ1) is 16.4. The van der Waals surface area contributed by atoms with E-state index in [9.17, 15) is 14.0 Å². The molecule has 0 aliphatic carbocycles. The highest BCUT2D eigenvalue weighted by Gasteiger charge is 2.24. The number of rotatable bonds is 5. The van der Waals surface area contributed by atoms with Gasteiger partial charge in [-0.3, -0.25) is 9.59 Å². The Balaban J connectivity index is 1.37. The molecule has 3 heterocycles. The summed E-state index contributed by atoms with van der Waals surface area (Å²) in [6, 6.07) is 11.2. The Labute approximate surface area is 197 Å². The number of aromatic nitrogens is 2. The van der Waals surface area contributed by atoms with Gasteiger partial charge in [0.1, 0.15) is 0 Å². The van der Waals surface area contributed by atoms with E-state index in [1.807, 2.05) is 43.0 Å². The highest BCUT2D eigenvalue weighted by Crippen LogP contribution is 2.29. The summed E-state index contributed by atoms with van der Waals surface area (Å²) in [5.41, 5.74) is 5.15. The monoisotopic (exact) mass is 459 g/mol. The van der Waals surface area contributed by atoms with Gasteiger partial charge in [0.2, 0.25) is 5.91 Å². The van der Waals surface area contributed by atoms with Crippen LogP contribution in [0, 0.1) is 11.7 Å². The molecule has 0 spiro atoms. The van der Waals surface area contributed by atoms with E-state index in [0.717, 1.165) is 34.9 Å². The summed E-state index contributed by atoms with van der Waals surface area (Å²) >= 11 is 0. The van der Waals surface area contributed by atoms with Crippen LogP contribution in [0.4, 0.5) is 15.9 Å². The number of nitrogens with one attached hydrogen (secondary N) is 2. The molecule has 7 nitrogen and oxygen atoms in total. The minimum atomic E-state index is -0.564. The van der Waals surface area contributed by atoms with E-state index < -0.39 is 5.82 Å². The van der Waals surface area contributed by atoms with Crippen LogP contribution in [0.2, 0.25) is 0 Å². The van der Waals surface area contributed by atoms with Crippen LogP contribution < -0.4 is 10.6 Å². The zero-order valence-corrected chi connectivity index (χ0v) is 19.2. The normalized spacial score (nSPS) is 14.6. The zero-order chi connectivity index (χ0) is 23.8. The van der Waals surface area contributed by atoms with Crippen molar-refractivity contribution in [3.63, 3.8) is 0 Å². The molecule has 0 saturated heterocycles. The molecule has 2 N–H and O–H groups in total. The van der Waals surface area contributed by atoms with Gasteiger partial charge in [0.15, 0.2) is 17.5 Å². The predicted molar refractivity (Wildman–Crippen MR) is 127 cm³/mol. The fraction of sp³-hybridized carbons (Fsp3) is 0.308. The van der Waals surface area contributed by atoms with Crippen LogP contribution in [0.25, 0.3) is 11.4 Å². The van der Waals surface area contributed by atoms with E-state index in [4.69, 9.17) is 0 Å². The SMILES string of the molecule is CC(C)CC(=O)N1Cc2ccc(-c3ncc(F)c(Nc4ccc5c(c4)CCNC5=O)n3)cc2C1. The first-order valence-electron chi connectivity index (χ1n) is 11.5. The van der Waals surface area contributed by atoms with Gasteiger partial charge < -0.3 is 15.5 Å². The van der Waals surface area contributed by atoms with E-state index >= 15 is 0 Å². The van der Waals surface area contributed by atoms with Crippen LogP contribution in [-0.2, 0) is 24.3 Å². The second-order valence-electron chi connectivity index (χ2n) is 9.22. The molecule has 2 aliphatic rings. The number of anilines is 2. The highest BCUT2D eigenvalue weighted by molar-refractivity contribution is 5.97. The van der Waals surface area contributed by atoms with Gasteiger partial charge in [-0.05, 0) is 53.3 Å². The lowest BCUT2D eigenvalue weighted by Gasteiger charge is -2.17. The van der Waals surface area contributed by atoms with Gasteiger partial charge in [0.05, 0.1) is 6.20 Å². The Morgan fingerprint density at radius 3 is 2.79 bits per heavy atom. The number of hydrogen-bond donors (Lipinski definition) is 2. The van der Waals surface area contributed by atoms with Crippen molar-refractivity contribution >= 4 is 23.3 Å². The van der Waals surface area contributed by atoms with Crippen LogP contribution in [0.15, 0.2) is 42.6 Å². The van der Waals surface area contributed by atoms with E-state index in [2.05, 4.69) is 20.6 Å². The first kappa shape index (κ1) is 22.0. The minimum absolute atomic E-state index is 0.0689. The van der Waals surface area contributed by atoms with Crippen LogP contribution in [0.5, 0.6) is 0 Å². The van der Waals surface area contributed by atoms with Gasteiger partial charge in [0.25, 0.3) is 5.91 Å². The van der Waals surface area contributed by atoms with E-state index in [1.165, 1.54) is 0 Å². The Morgan fingerprint density at radius 1 is 1.15 bits per heavy atom. The molecule has 2 aliphatic heterocycles. The lowest BCUT2D eigenvalue weighted by Crippen LogP contribution is -2.31. The molecule has 2 amide bonds. The van der Waals surface area contributed by atoms with Crippen molar-refractivity contribution in [2.75, 3.05) is 11.9 Å². The number of amides is 2. The lowest BCUT2D eigenvalue weighted by molar-refractivity contribution is -0.132. The Hall–Kier alpha value is -3.81. The van der Waals surface area contributed by atoms with Crippen LogP contribution in [0.3, 0.4) is 0 Å². The minimum Gasteiger partial charge on any atom is -0.352 e. The molecule has 34 heavy (non-hydrogen) atoms. The van der Waals surface area contributed by atoms with E-state index in [-0.39, 0.29) is 17.6 Å². The van der Waals surface area contributed by atoms with Crippen molar-refractivity contribution in [1.29, 1.82) is 0 Å². The topological polar surface area (TPSA) is 87.2 Å². The maximum absolute atomic E-state index is 14.5. The number of fused-ring (bicyclic) bond motifs is 2. The molecule has 5 rings (SSSR count). The van der Waals surface area contributed by atoms with Crippen molar-refractivity contribution < 1.29 is 14.0 Å². The summed E-state index contributed by atoms with van der Waals surface area (Å²) in [6.07, 6.45) is 2.41. The van der Waals surface area contributed by atoms with Crippen molar-refractivity contribution in [2.24, 2.45) is 5.92 Å². The zero-order valence-electron chi connectivity index (χ0n) is 19.2. The van der Waals surface area contributed by atoms with Crippen molar-refractivity contribution in [2.45, 2.75) is 39.8 Å². The molecule has 0 atom stereocenters. The Bertz CT molecular complexity index is 1290. The number of benzene rings is 2. The fourth-order valence-electron chi connectivity index (χ4n) is 4.42. The largest absolute Gasteiger partial charge is 0.352 e. The quantitative estimate of drug-likeness (QED) is 0.597. The highest BCUT2D eigenvalue weighted by atomic mass is 19.1. The molecule has 3 aromatic rings. The molecule has 0 radical (unpaired) electrons. The maximum atomic E-state index is 14.5. The third-order valence-electron chi connectivity index (χ3n) is 6.16.